The van der Waals surface area contributed by atoms with E-state index in [2.05, 4.69) is 44.3 Å². The maximum atomic E-state index is 5.64. The second-order valence-electron chi connectivity index (χ2n) is 4.17. The van der Waals surface area contributed by atoms with Gasteiger partial charge >= 0.3 is 74.1 Å². The van der Waals surface area contributed by atoms with E-state index in [0.29, 0.717) is 0 Å². The van der Waals surface area contributed by atoms with Crippen LogP contribution in [0.1, 0.15) is 0 Å². The molecule has 0 aliphatic carbocycles. The third-order valence-electron chi connectivity index (χ3n) is 2.28. The number of benzene rings is 1. The third kappa shape index (κ3) is 1.85. The topological polar surface area (TPSA) is 9.23 Å². The third-order valence-corrected chi connectivity index (χ3v) is 5.61. The van der Waals surface area contributed by atoms with E-state index in [1.165, 1.54) is 5.30 Å². The summed E-state index contributed by atoms with van der Waals surface area (Å²) in [5.74, 6) is 0. The average molecular weight is 184 g/mol. The van der Waals surface area contributed by atoms with Crippen molar-refractivity contribution in [3.8, 4) is 0 Å². The van der Waals surface area contributed by atoms with E-state index in [-0.39, 0.29) is 0 Å². The number of hydrogen-bond acceptors (Lipinski definition) is 1. The van der Waals surface area contributed by atoms with Crippen molar-refractivity contribution in [2.75, 3.05) is 27.1 Å². The molecule has 1 aromatic rings. The Bertz CT molecular complexity index is 258. The summed E-state index contributed by atoms with van der Waals surface area (Å²) < 4.78 is 5.64. The van der Waals surface area contributed by atoms with Crippen LogP contribution in [0.15, 0.2) is 30.3 Å². The predicted octanol–water partition coefficient (Wildman–Crippen LogP) is 2.32. The van der Waals surface area contributed by atoms with Crippen molar-refractivity contribution in [2.24, 2.45) is 0 Å². The van der Waals surface area contributed by atoms with Gasteiger partial charge in [0.05, 0.1) is 0 Å². The first-order valence-electron chi connectivity index (χ1n) is 4.07. The molecule has 0 saturated carbocycles. The van der Waals surface area contributed by atoms with E-state index in [4.69, 9.17) is 4.52 Å². The van der Waals surface area contributed by atoms with E-state index >= 15 is 0 Å². The molecule has 12 heavy (non-hydrogen) atoms. The van der Waals surface area contributed by atoms with Gasteiger partial charge in [0.15, 0.2) is 0 Å². The summed E-state index contributed by atoms with van der Waals surface area (Å²) in [6, 6.07) is 10.4. The zero-order valence-corrected chi connectivity index (χ0v) is 9.14. The van der Waals surface area contributed by atoms with Gasteiger partial charge in [-0.25, -0.2) is 0 Å². The van der Waals surface area contributed by atoms with Gasteiger partial charge in [0.25, 0.3) is 0 Å². The van der Waals surface area contributed by atoms with Crippen LogP contribution in [0.5, 0.6) is 0 Å². The van der Waals surface area contributed by atoms with Crippen LogP contribution in [0.4, 0.5) is 0 Å². The van der Waals surface area contributed by atoms with Crippen LogP contribution in [0.25, 0.3) is 0 Å². The molecule has 0 amide bonds. The molecule has 0 fully saturated rings. The van der Waals surface area contributed by atoms with Gasteiger partial charge in [0.1, 0.15) is 0 Å². The summed E-state index contributed by atoms with van der Waals surface area (Å²) in [6.07, 6.45) is 0. The fourth-order valence-electron chi connectivity index (χ4n) is 1.04. The average Bonchev–Trinajstić information content (AvgIpc) is 2.06. The first-order chi connectivity index (χ1) is 5.44. The van der Waals surface area contributed by atoms with E-state index in [1.807, 2.05) is 6.07 Å². The summed E-state index contributed by atoms with van der Waals surface area (Å²) >= 11 is 0. The molecular weight excluding hydrogens is 167 g/mol. The van der Waals surface area contributed by atoms with Crippen molar-refractivity contribution < 1.29 is 4.52 Å². The molecule has 0 radical (unpaired) electrons. The van der Waals surface area contributed by atoms with Crippen LogP contribution in [0.2, 0.25) is 0 Å². The van der Waals surface area contributed by atoms with Crippen molar-refractivity contribution in [1.29, 1.82) is 0 Å². The minimum atomic E-state index is -2.02. The monoisotopic (exact) mass is 184 g/mol. The van der Waals surface area contributed by atoms with Crippen LogP contribution in [0.3, 0.4) is 0 Å². The van der Waals surface area contributed by atoms with Crippen molar-refractivity contribution in [3.63, 3.8) is 0 Å². The first kappa shape index (κ1) is 9.70. The van der Waals surface area contributed by atoms with Gasteiger partial charge in [0, 0.05) is 0 Å². The quantitative estimate of drug-likeness (QED) is 0.641. The van der Waals surface area contributed by atoms with Gasteiger partial charge in [-0.15, -0.1) is 0 Å². The molecule has 2 heteroatoms. The van der Waals surface area contributed by atoms with Gasteiger partial charge < -0.3 is 0 Å². The van der Waals surface area contributed by atoms with Crippen molar-refractivity contribution >= 4 is 12.1 Å². The van der Waals surface area contributed by atoms with E-state index in [1.54, 1.807) is 7.11 Å². The normalized spacial score (nSPS) is 15.2. The van der Waals surface area contributed by atoms with Crippen LogP contribution in [-0.4, -0.2) is 27.1 Å². The summed E-state index contributed by atoms with van der Waals surface area (Å²) in [6.45, 7) is 4.61. The van der Waals surface area contributed by atoms with Crippen LogP contribution >= 0.6 is 6.83 Å². The van der Waals surface area contributed by atoms with Crippen molar-refractivity contribution in [3.05, 3.63) is 30.3 Å². The Balaban J connectivity index is 3.14. The van der Waals surface area contributed by atoms with Gasteiger partial charge in [-0.05, 0) is 0 Å². The van der Waals surface area contributed by atoms with Crippen molar-refractivity contribution in [2.45, 2.75) is 0 Å². The Hall–Kier alpha value is -0.390. The van der Waals surface area contributed by atoms with Crippen LogP contribution in [-0.2, 0) is 4.52 Å². The Kier molecular flexibility index (Phi) is 2.29. The van der Waals surface area contributed by atoms with Gasteiger partial charge in [-0.2, -0.15) is 0 Å². The van der Waals surface area contributed by atoms with E-state index in [9.17, 15) is 0 Å². The first-order valence-corrected chi connectivity index (χ1v) is 7.56. The Morgan fingerprint density at radius 1 is 1.00 bits per heavy atom. The fourth-order valence-corrected chi connectivity index (χ4v) is 2.44. The van der Waals surface area contributed by atoms with E-state index < -0.39 is 6.83 Å². The molecule has 0 heterocycles. The second kappa shape index (κ2) is 2.83. The summed E-state index contributed by atoms with van der Waals surface area (Å²) in [5, 5.41) is 1.33. The molecule has 0 aliphatic rings. The van der Waals surface area contributed by atoms with Crippen LogP contribution in [0, 0.1) is 0 Å². The van der Waals surface area contributed by atoms with Crippen LogP contribution < -0.4 is 5.30 Å². The molecule has 1 aromatic carbocycles. The van der Waals surface area contributed by atoms with Gasteiger partial charge in [-0.3, -0.25) is 0 Å². The molecule has 0 aliphatic heterocycles. The molecule has 1 rings (SSSR count). The van der Waals surface area contributed by atoms with E-state index in [0.717, 1.165) is 0 Å². The SMILES string of the molecule is COP(C)(C)(C)c1ccccc1. The molecular formula is C10H17OP. The van der Waals surface area contributed by atoms with Crippen molar-refractivity contribution in [1.82, 2.24) is 0 Å². The molecule has 1 nitrogen and oxygen atoms in total. The Morgan fingerprint density at radius 3 is 1.92 bits per heavy atom. The number of rotatable bonds is 2. The van der Waals surface area contributed by atoms with Gasteiger partial charge in [-0.1, -0.05) is 0 Å². The molecule has 0 aromatic heterocycles. The summed E-state index contributed by atoms with van der Waals surface area (Å²) in [5.41, 5.74) is 0. The predicted molar refractivity (Wildman–Crippen MR) is 57.8 cm³/mol. The maximum absolute atomic E-state index is 5.64. The molecule has 0 saturated heterocycles. The minimum absolute atomic E-state index is 1.33. The molecule has 0 unspecified atom stereocenters. The summed E-state index contributed by atoms with van der Waals surface area (Å²) in [4.78, 5) is 0. The standard InChI is InChI=1S/C10H17OP/c1-11-12(2,3,4)10-8-6-5-7-9-10/h5-9H,1-4H3. The summed E-state index contributed by atoms with van der Waals surface area (Å²) in [7, 11) is 1.80. The fraction of sp³-hybridized carbons (Fsp3) is 0.400. The number of hydrogen-bond donors (Lipinski definition) is 0. The molecule has 0 bridgehead atoms. The molecule has 0 spiro atoms. The molecule has 0 atom stereocenters. The zero-order valence-electron chi connectivity index (χ0n) is 8.24. The Labute approximate surface area is 74.8 Å². The second-order valence-corrected chi connectivity index (χ2v) is 10.4. The zero-order chi connectivity index (χ0) is 9.27. The Morgan fingerprint density at radius 2 is 1.50 bits per heavy atom. The molecule has 68 valence electrons. The molecule has 0 N–H and O–H groups in total. The van der Waals surface area contributed by atoms with Gasteiger partial charge in [0.2, 0.25) is 0 Å².